The Morgan fingerprint density at radius 3 is 2.78 bits per heavy atom. The van der Waals surface area contributed by atoms with E-state index in [0.29, 0.717) is 0 Å². The number of halogens is 1. The number of benzene rings is 1. The van der Waals surface area contributed by atoms with Gasteiger partial charge in [0.15, 0.2) is 5.82 Å². The van der Waals surface area contributed by atoms with E-state index in [1.54, 1.807) is 6.20 Å². The summed E-state index contributed by atoms with van der Waals surface area (Å²) >= 11 is 3.45. The molecule has 1 heterocycles. The predicted octanol–water partition coefficient (Wildman–Crippen LogP) is 3.95. The van der Waals surface area contributed by atoms with E-state index >= 15 is 0 Å². The van der Waals surface area contributed by atoms with Gasteiger partial charge in [0.25, 0.3) is 0 Å². The molecule has 2 rings (SSSR count). The lowest BCUT2D eigenvalue weighted by Crippen LogP contribution is -2.03. The van der Waals surface area contributed by atoms with Gasteiger partial charge in [0.05, 0.1) is 4.47 Å². The van der Waals surface area contributed by atoms with E-state index in [1.807, 2.05) is 13.0 Å². The van der Waals surface area contributed by atoms with E-state index in [9.17, 15) is 0 Å². The second-order valence-corrected chi connectivity index (χ2v) is 5.02. The van der Waals surface area contributed by atoms with E-state index in [0.717, 1.165) is 28.2 Å². The van der Waals surface area contributed by atoms with Crippen LogP contribution >= 0.6 is 15.9 Å². The second-order valence-electron chi connectivity index (χ2n) is 4.17. The van der Waals surface area contributed by atoms with Gasteiger partial charge in [0, 0.05) is 18.3 Å². The number of aromatic nitrogens is 2. The molecular formula is C14H16BrN3. The normalized spacial score (nSPS) is 10.4. The van der Waals surface area contributed by atoms with Crippen LogP contribution in [0.25, 0.3) is 11.4 Å². The van der Waals surface area contributed by atoms with E-state index < -0.39 is 0 Å². The molecule has 94 valence electrons. The van der Waals surface area contributed by atoms with Crippen molar-refractivity contribution in [3.05, 3.63) is 40.0 Å². The third-order valence-corrected chi connectivity index (χ3v) is 3.51. The van der Waals surface area contributed by atoms with Crippen LogP contribution in [0.3, 0.4) is 0 Å². The fourth-order valence-electron chi connectivity index (χ4n) is 1.78. The first-order valence-electron chi connectivity index (χ1n) is 5.96. The SMILES string of the molecule is CCNc1nc(-c2cccc(C)c2C)ncc1Br. The van der Waals surface area contributed by atoms with Gasteiger partial charge >= 0.3 is 0 Å². The van der Waals surface area contributed by atoms with Gasteiger partial charge in [-0.2, -0.15) is 0 Å². The molecule has 0 aliphatic carbocycles. The summed E-state index contributed by atoms with van der Waals surface area (Å²) in [5.74, 6) is 1.60. The Morgan fingerprint density at radius 1 is 1.28 bits per heavy atom. The number of nitrogens with zero attached hydrogens (tertiary/aromatic N) is 2. The molecule has 0 saturated carbocycles. The summed E-state index contributed by atoms with van der Waals surface area (Å²) < 4.78 is 0.887. The molecule has 0 atom stereocenters. The average molecular weight is 306 g/mol. The fourth-order valence-corrected chi connectivity index (χ4v) is 2.11. The number of anilines is 1. The highest BCUT2D eigenvalue weighted by Gasteiger charge is 2.09. The zero-order valence-corrected chi connectivity index (χ0v) is 12.4. The van der Waals surface area contributed by atoms with Crippen molar-refractivity contribution < 1.29 is 0 Å². The van der Waals surface area contributed by atoms with Gasteiger partial charge in [-0.1, -0.05) is 18.2 Å². The molecule has 3 nitrogen and oxygen atoms in total. The zero-order valence-electron chi connectivity index (χ0n) is 10.8. The van der Waals surface area contributed by atoms with Crippen molar-refractivity contribution in [3.8, 4) is 11.4 Å². The highest BCUT2D eigenvalue weighted by molar-refractivity contribution is 9.10. The number of hydrogen-bond donors (Lipinski definition) is 1. The summed E-state index contributed by atoms with van der Waals surface area (Å²) in [6.45, 7) is 7.08. The lowest BCUT2D eigenvalue weighted by molar-refractivity contribution is 1.10. The Labute approximate surface area is 116 Å². The number of nitrogens with one attached hydrogen (secondary N) is 1. The minimum atomic E-state index is 0.760. The third-order valence-electron chi connectivity index (χ3n) is 2.93. The quantitative estimate of drug-likeness (QED) is 0.933. The van der Waals surface area contributed by atoms with Crippen molar-refractivity contribution >= 4 is 21.7 Å². The first-order valence-corrected chi connectivity index (χ1v) is 6.75. The van der Waals surface area contributed by atoms with Gasteiger partial charge in [0.1, 0.15) is 5.82 Å². The van der Waals surface area contributed by atoms with E-state index in [-0.39, 0.29) is 0 Å². The van der Waals surface area contributed by atoms with E-state index in [1.165, 1.54) is 11.1 Å². The Morgan fingerprint density at radius 2 is 2.06 bits per heavy atom. The highest BCUT2D eigenvalue weighted by atomic mass is 79.9. The Hall–Kier alpha value is -1.42. The number of rotatable bonds is 3. The van der Waals surface area contributed by atoms with Crippen LogP contribution in [0.15, 0.2) is 28.9 Å². The molecule has 1 aromatic carbocycles. The first kappa shape index (κ1) is 13.0. The van der Waals surface area contributed by atoms with Crippen LogP contribution in [0.4, 0.5) is 5.82 Å². The van der Waals surface area contributed by atoms with Crippen molar-refractivity contribution in [3.63, 3.8) is 0 Å². The zero-order chi connectivity index (χ0) is 13.1. The Balaban J connectivity index is 2.51. The standard InChI is InChI=1S/C14H16BrN3/c1-4-16-14-12(15)8-17-13(18-14)11-7-5-6-9(2)10(11)3/h5-8H,4H2,1-3H3,(H,16,17,18). The number of hydrogen-bond acceptors (Lipinski definition) is 3. The van der Waals surface area contributed by atoms with Gasteiger partial charge < -0.3 is 5.32 Å². The Kier molecular flexibility index (Phi) is 3.97. The summed E-state index contributed by atoms with van der Waals surface area (Å²) in [6, 6.07) is 6.19. The molecule has 0 saturated heterocycles. The fraction of sp³-hybridized carbons (Fsp3) is 0.286. The molecule has 0 unspecified atom stereocenters. The lowest BCUT2D eigenvalue weighted by Gasteiger charge is -2.10. The molecule has 0 aliphatic rings. The van der Waals surface area contributed by atoms with Gasteiger partial charge in [-0.3, -0.25) is 0 Å². The van der Waals surface area contributed by atoms with E-state index in [4.69, 9.17) is 0 Å². The largest absolute Gasteiger partial charge is 0.369 e. The minimum absolute atomic E-state index is 0.760. The molecule has 18 heavy (non-hydrogen) atoms. The third kappa shape index (κ3) is 2.53. The van der Waals surface area contributed by atoms with Crippen molar-refractivity contribution in [2.75, 3.05) is 11.9 Å². The molecule has 2 aromatic rings. The molecule has 1 N–H and O–H groups in total. The molecular weight excluding hydrogens is 290 g/mol. The smallest absolute Gasteiger partial charge is 0.161 e. The van der Waals surface area contributed by atoms with Crippen LogP contribution in [0.1, 0.15) is 18.1 Å². The summed E-state index contributed by atoms with van der Waals surface area (Å²) in [5.41, 5.74) is 3.56. The monoisotopic (exact) mass is 305 g/mol. The maximum absolute atomic E-state index is 4.57. The van der Waals surface area contributed by atoms with Crippen LogP contribution < -0.4 is 5.32 Å². The average Bonchev–Trinajstić information content (AvgIpc) is 2.36. The minimum Gasteiger partial charge on any atom is -0.369 e. The van der Waals surface area contributed by atoms with Crippen LogP contribution in [-0.2, 0) is 0 Å². The lowest BCUT2D eigenvalue weighted by atomic mass is 10.0. The van der Waals surface area contributed by atoms with Crippen molar-refractivity contribution in [1.82, 2.24) is 9.97 Å². The summed E-state index contributed by atoms with van der Waals surface area (Å²) in [5, 5.41) is 3.22. The topological polar surface area (TPSA) is 37.8 Å². The molecule has 1 aromatic heterocycles. The van der Waals surface area contributed by atoms with Crippen molar-refractivity contribution in [2.45, 2.75) is 20.8 Å². The van der Waals surface area contributed by atoms with Crippen LogP contribution in [0.2, 0.25) is 0 Å². The van der Waals surface area contributed by atoms with Crippen LogP contribution in [-0.4, -0.2) is 16.5 Å². The van der Waals surface area contributed by atoms with E-state index in [2.05, 4.69) is 57.2 Å². The summed E-state index contributed by atoms with van der Waals surface area (Å²) in [4.78, 5) is 8.96. The van der Waals surface area contributed by atoms with Crippen molar-refractivity contribution in [1.29, 1.82) is 0 Å². The van der Waals surface area contributed by atoms with Crippen molar-refractivity contribution in [2.24, 2.45) is 0 Å². The first-order chi connectivity index (χ1) is 8.63. The van der Waals surface area contributed by atoms with Gasteiger partial charge in [0.2, 0.25) is 0 Å². The molecule has 0 fully saturated rings. The second kappa shape index (κ2) is 5.48. The van der Waals surface area contributed by atoms with Gasteiger partial charge in [-0.15, -0.1) is 0 Å². The Bertz CT molecular complexity index is 567. The molecule has 0 aliphatic heterocycles. The molecule has 4 heteroatoms. The van der Waals surface area contributed by atoms with Gasteiger partial charge in [-0.05, 0) is 47.8 Å². The summed E-state index contributed by atoms with van der Waals surface area (Å²) in [7, 11) is 0. The maximum atomic E-state index is 4.57. The summed E-state index contributed by atoms with van der Waals surface area (Å²) in [6.07, 6.45) is 1.79. The predicted molar refractivity (Wildman–Crippen MR) is 78.8 cm³/mol. The van der Waals surface area contributed by atoms with Gasteiger partial charge in [-0.25, -0.2) is 9.97 Å². The number of aryl methyl sites for hydroxylation is 1. The molecule has 0 bridgehead atoms. The highest BCUT2D eigenvalue weighted by Crippen LogP contribution is 2.26. The molecule has 0 spiro atoms. The van der Waals surface area contributed by atoms with Crippen LogP contribution in [0.5, 0.6) is 0 Å². The molecule has 0 amide bonds. The molecule has 0 radical (unpaired) electrons. The maximum Gasteiger partial charge on any atom is 0.161 e. The van der Waals surface area contributed by atoms with Crippen LogP contribution in [0, 0.1) is 13.8 Å².